The highest BCUT2D eigenvalue weighted by molar-refractivity contribution is 5.93. The highest BCUT2D eigenvalue weighted by atomic mass is 16.1. The molecular weight excluding hydrogens is 336 g/mol. The van der Waals surface area contributed by atoms with Gasteiger partial charge in [-0.3, -0.25) is 0 Å². The van der Waals surface area contributed by atoms with E-state index >= 15 is 0 Å². The zero-order chi connectivity index (χ0) is 19.0. The number of carbonyl (C=O) groups is 1. The molecule has 3 heterocycles. The molecule has 3 aromatic rings. The minimum atomic E-state index is 0.272. The number of Topliss-reactive ketones (excluding diaryl/α,β-unsaturated/α-hetero) is 1. The number of aromatic nitrogens is 3. The molecule has 1 saturated heterocycles. The van der Waals surface area contributed by atoms with Crippen LogP contribution in [0.3, 0.4) is 0 Å². The summed E-state index contributed by atoms with van der Waals surface area (Å²) in [6.45, 7) is 7.75. The van der Waals surface area contributed by atoms with E-state index in [2.05, 4.69) is 23.7 Å². The number of H-pyrrole nitrogens is 1. The molecular formula is C22H26N4O. The molecule has 1 aliphatic rings. The Balaban J connectivity index is 1.81. The number of carbonyl (C=O) groups excluding carboxylic acids is 1. The van der Waals surface area contributed by atoms with Gasteiger partial charge in [0, 0.05) is 30.8 Å². The Kier molecular flexibility index (Phi) is 4.68. The van der Waals surface area contributed by atoms with Crippen molar-refractivity contribution in [1.29, 1.82) is 0 Å². The van der Waals surface area contributed by atoms with Crippen LogP contribution in [-0.2, 0) is 4.79 Å². The minimum Gasteiger partial charge on any atom is -0.356 e. The molecule has 4 rings (SSSR count). The van der Waals surface area contributed by atoms with Crippen LogP contribution < -0.4 is 4.90 Å². The van der Waals surface area contributed by atoms with Gasteiger partial charge in [0.15, 0.2) is 5.82 Å². The monoisotopic (exact) mass is 362 g/mol. The number of fused-ring (bicyclic) bond motifs is 1. The number of hydrogen-bond acceptors (Lipinski definition) is 4. The van der Waals surface area contributed by atoms with Crippen molar-refractivity contribution in [3.8, 4) is 11.4 Å². The fraction of sp³-hybridized carbons (Fsp3) is 0.409. The third-order valence-corrected chi connectivity index (χ3v) is 5.56. The van der Waals surface area contributed by atoms with Crippen LogP contribution in [0.5, 0.6) is 0 Å². The number of piperidine rings is 1. The van der Waals surface area contributed by atoms with Crippen molar-refractivity contribution in [2.24, 2.45) is 5.92 Å². The largest absolute Gasteiger partial charge is 0.356 e. The Morgan fingerprint density at radius 3 is 2.74 bits per heavy atom. The summed E-state index contributed by atoms with van der Waals surface area (Å²) in [5.74, 6) is 2.41. The number of anilines is 1. The van der Waals surface area contributed by atoms with E-state index < -0.39 is 0 Å². The summed E-state index contributed by atoms with van der Waals surface area (Å²) in [5.41, 5.74) is 4.24. The van der Waals surface area contributed by atoms with Crippen molar-refractivity contribution in [2.45, 2.75) is 40.0 Å². The predicted octanol–water partition coefficient (Wildman–Crippen LogP) is 4.44. The van der Waals surface area contributed by atoms with Gasteiger partial charge in [-0.05, 0) is 45.1 Å². The number of nitrogens with one attached hydrogen (secondary N) is 1. The van der Waals surface area contributed by atoms with Gasteiger partial charge in [-0.2, -0.15) is 0 Å². The van der Waals surface area contributed by atoms with Gasteiger partial charge in [0.1, 0.15) is 17.2 Å². The lowest BCUT2D eigenvalue weighted by Gasteiger charge is -2.34. The molecule has 5 heteroatoms. The molecule has 140 valence electrons. The molecule has 0 radical (unpaired) electrons. The Bertz CT molecular complexity index is 977. The van der Waals surface area contributed by atoms with E-state index in [1.165, 1.54) is 5.56 Å². The second-order valence-corrected chi connectivity index (χ2v) is 7.70. The van der Waals surface area contributed by atoms with Crippen LogP contribution in [0.2, 0.25) is 0 Å². The quantitative estimate of drug-likeness (QED) is 0.745. The predicted molar refractivity (Wildman–Crippen MR) is 109 cm³/mol. The molecule has 1 aromatic carbocycles. The van der Waals surface area contributed by atoms with E-state index in [1.54, 1.807) is 6.92 Å². The number of benzene rings is 1. The summed E-state index contributed by atoms with van der Waals surface area (Å²) in [4.78, 5) is 27.2. The van der Waals surface area contributed by atoms with Gasteiger partial charge in [0.2, 0.25) is 0 Å². The second kappa shape index (κ2) is 7.14. The SMILES string of the molecule is CC(=O)CC1CCCN(c2nc(-c3ccccc3)nc3[nH]c(C)c(C)c23)C1. The second-order valence-electron chi connectivity index (χ2n) is 7.70. The van der Waals surface area contributed by atoms with E-state index in [0.717, 1.165) is 59.9 Å². The van der Waals surface area contributed by atoms with E-state index in [4.69, 9.17) is 9.97 Å². The average Bonchev–Trinajstić information content (AvgIpc) is 2.95. The van der Waals surface area contributed by atoms with Crippen molar-refractivity contribution >= 4 is 22.6 Å². The molecule has 0 spiro atoms. The van der Waals surface area contributed by atoms with Crippen LogP contribution in [0.4, 0.5) is 5.82 Å². The molecule has 1 atom stereocenters. The smallest absolute Gasteiger partial charge is 0.163 e. The normalized spacial score (nSPS) is 17.4. The van der Waals surface area contributed by atoms with Gasteiger partial charge < -0.3 is 14.7 Å². The number of hydrogen-bond donors (Lipinski definition) is 1. The number of rotatable bonds is 4. The number of nitrogens with zero attached hydrogens (tertiary/aromatic N) is 3. The van der Waals surface area contributed by atoms with Crippen LogP contribution in [0.1, 0.15) is 37.4 Å². The van der Waals surface area contributed by atoms with E-state index in [1.807, 2.05) is 30.3 Å². The number of ketones is 1. The molecule has 27 heavy (non-hydrogen) atoms. The van der Waals surface area contributed by atoms with Crippen molar-refractivity contribution in [3.05, 3.63) is 41.6 Å². The van der Waals surface area contributed by atoms with Crippen LogP contribution in [0.15, 0.2) is 30.3 Å². The first kappa shape index (κ1) is 17.7. The molecule has 0 aliphatic carbocycles. The number of aryl methyl sites for hydroxylation is 2. The molecule has 0 saturated carbocycles. The van der Waals surface area contributed by atoms with Crippen molar-refractivity contribution < 1.29 is 4.79 Å². The summed E-state index contributed by atoms with van der Waals surface area (Å²) < 4.78 is 0. The average molecular weight is 362 g/mol. The summed E-state index contributed by atoms with van der Waals surface area (Å²) in [6, 6.07) is 10.1. The Morgan fingerprint density at radius 2 is 2.00 bits per heavy atom. The molecule has 2 aromatic heterocycles. The Hall–Kier alpha value is -2.69. The standard InChI is InChI=1S/C22H26N4O/c1-14(27)12-17-8-7-11-26(13-17)22-19-15(2)16(3)23-21(19)24-20(25-22)18-9-5-4-6-10-18/h4-6,9-10,17H,7-8,11-13H2,1-3H3,(H,23,24,25). The van der Waals surface area contributed by atoms with Crippen LogP contribution in [0.25, 0.3) is 22.4 Å². The molecule has 0 amide bonds. The summed E-state index contributed by atoms with van der Waals surface area (Å²) in [7, 11) is 0. The van der Waals surface area contributed by atoms with Crippen molar-refractivity contribution in [1.82, 2.24) is 15.0 Å². The van der Waals surface area contributed by atoms with Crippen molar-refractivity contribution in [3.63, 3.8) is 0 Å². The Labute approximate surface area is 159 Å². The van der Waals surface area contributed by atoms with E-state index in [0.29, 0.717) is 12.3 Å². The fourth-order valence-corrected chi connectivity index (χ4v) is 4.12. The first-order valence-electron chi connectivity index (χ1n) is 9.69. The van der Waals surface area contributed by atoms with Gasteiger partial charge in [0.05, 0.1) is 5.39 Å². The molecule has 1 aliphatic heterocycles. The molecule has 1 unspecified atom stereocenters. The maximum absolute atomic E-state index is 11.6. The zero-order valence-electron chi connectivity index (χ0n) is 16.2. The van der Waals surface area contributed by atoms with Gasteiger partial charge in [-0.25, -0.2) is 9.97 Å². The van der Waals surface area contributed by atoms with Gasteiger partial charge >= 0.3 is 0 Å². The highest BCUT2D eigenvalue weighted by Gasteiger charge is 2.25. The first-order chi connectivity index (χ1) is 13.0. The number of aromatic amines is 1. The van der Waals surface area contributed by atoms with Crippen LogP contribution >= 0.6 is 0 Å². The Morgan fingerprint density at radius 1 is 1.22 bits per heavy atom. The third kappa shape index (κ3) is 3.46. The van der Waals surface area contributed by atoms with Gasteiger partial charge in [-0.1, -0.05) is 30.3 Å². The maximum Gasteiger partial charge on any atom is 0.163 e. The van der Waals surface area contributed by atoms with E-state index in [-0.39, 0.29) is 5.78 Å². The summed E-state index contributed by atoms with van der Waals surface area (Å²) in [6.07, 6.45) is 2.86. The maximum atomic E-state index is 11.6. The lowest BCUT2D eigenvalue weighted by atomic mass is 9.93. The fourth-order valence-electron chi connectivity index (χ4n) is 4.12. The molecule has 5 nitrogen and oxygen atoms in total. The minimum absolute atomic E-state index is 0.272. The summed E-state index contributed by atoms with van der Waals surface area (Å²) >= 11 is 0. The zero-order valence-corrected chi connectivity index (χ0v) is 16.2. The van der Waals surface area contributed by atoms with Crippen LogP contribution in [0, 0.1) is 19.8 Å². The van der Waals surface area contributed by atoms with Crippen LogP contribution in [-0.4, -0.2) is 33.8 Å². The first-order valence-corrected chi connectivity index (χ1v) is 9.69. The molecule has 1 N–H and O–H groups in total. The topological polar surface area (TPSA) is 61.9 Å². The third-order valence-electron chi connectivity index (χ3n) is 5.56. The molecule has 0 bridgehead atoms. The lowest BCUT2D eigenvalue weighted by molar-refractivity contribution is -0.117. The van der Waals surface area contributed by atoms with E-state index in [9.17, 15) is 4.79 Å². The lowest BCUT2D eigenvalue weighted by Crippen LogP contribution is -2.37. The van der Waals surface area contributed by atoms with Gasteiger partial charge in [0.25, 0.3) is 0 Å². The summed E-state index contributed by atoms with van der Waals surface area (Å²) in [5, 5.41) is 1.11. The van der Waals surface area contributed by atoms with Crippen molar-refractivity contribution in [2.75, 3.05) is 18.0 Å². The molecule has 1 fully saturated rings. The highest BCUT2D eigenvalue weighted by Crippen LogP contribution is 2.34. The van der Waals surface area contributed by atoms with Gasteiger partial charge in [-0.15, -0.1) is 0 Å².